The zero-order chi connectivity index (χ0) is 31.5. The fourth-order valence-corrected chi connectivity index (χ4v) is 7.42. The van der Waals surface area contributed by atoms with Crippen molar-refractivity contribution in [2.24, 2.45) is 4.99 Å². The minimum absolute atomic E-state index is 0. The molecule has 0 amide bonds. The van der Waals surface area contributed by atoms with Crippen LogP contribution in [0.15, 0.2) is 96.0 Å². The van der Waals surface area contributed by atoms with Crippen LogP contribution in [0.4, 0.5) is 5.69 Å². The number of hydrogen-bond donors (Lipinski definition) is 1. The van der Waals surface area contributed by atoms with Gasteiger partial charge in [0, 0.05) is 49.4 Å². The van der Waals surface area contributed by atoms with Gasteiger partial charge in [-0.25, -0.2) is 4.98 Å². The number of aliphatic imine (C=N–C) groups is 1. The third-order valence-electron chi connectivity index (χ3n) is 9.52. The summed E-state index contributed by atoms with van der Waals surface area (Å²) in [5, 5.41) is 11.2. The van der Waals surface area contributed by atoms with Gasteiger partial charge in [0.15, 0.2) is 0 Å². The van der Waals surface area contributed by atoms with Gasteiger partial charge in [0.2, 0.25) is 5.88 Å². The zero-order valence-electron chi connectivity index (χ0n) is 27.2. The van der Waals surface area contributed by atoms with Crippen molar-refractivity contribution < 1.29 is 30.9 Å². The molecule has 1 aliphatic carbocycles. The van der Waals surface area contributed by atoms with Crippen molar-refractivity contribution in [1.82, 2.24) is 4.98 Å². The predicted molar refractivity (Wildman–Crippen MR) is 183 cm³/mol. The molecule has 5 nitrogen and oxygen atoms in total. The minimum Gasteiger partial charge on any atom is -0.506 e. The summed E-state index contributed by atoms with van der Waals surface area (Å²) in [6.07, 6.45) is 0.895. The van der Waals surface area contributed by atoms with E-state index in [0.29, 0.717) is 29.0 Å². The zero-order valence-corrected chi connectivity index (χ0v) is 29.5. The molecule has 1 aromatic heterocycles. The van der Waals surface area contributed by atoms with Gasteiger partial charge in [0.05, 0.1) is 17.9 Å². The van der Waals surface area contributed by atoms with E-state index in [1.807, 2.05) is 36.4 Å². The van der Waals surface area contributed by atoms with E-state index in [4.69, 9.17) is 9.73 Å². The van der Waals surface area contributed by atoms with Crippen molar-refractivity contribution in [2.75, 3.05) is 4.90 Å². The number of nitrogens with zero attached hydrogens (tertiary/aromatic N) is 3. The molecule has 2 heterocycles. The van der Waals surface area contributed by atoms with E-state index >= 15 is 0 Å². The second-order valence-corrected chi connectivity index (χ2v) is 13.5. The quantitative estimate of drug-likeness (QED) is 0.174. The first-order chi connectivity index (χ1) is 21.6. The molecule has 0 bridgehead atoms. The minimum atomic E-state index is -0.159. The van der Waals surface area contributed by atoms with E-state index < -0.39 is 0 Å². The van der Waals surface area contributed by atoms with Gasteiger partial charge in [0.1, 0.15) is 11.3 Å². The first-order valence-corrected chi connectivity index (χ1v) is 16.0. The van der Waals surface area contributed by atoms with Crippen molar-refractivity contribution in [3.8, 4) is 17.4 Å². The fraction of sp³-hybridized carbons (Fsp3) is 0.300. The second kappa shape index (κ2) is 12.3. The van der Waals surface area contributed by atoms with Gasteiger partial charge in [-0.2, -0.15) is 0 Å². The number of aromatic hydroxyl groups is 1. The Morgan fingerprint density at radius 1 is 0.848 bits per heavy atom. The molecule has 6 heteroatoms. The molecule has 4 aromatic carbocycles. The fourth-order valence-electron chi connectivity index (χ4n) is 7.42. The van der Waals surface area contributed by atoms with Crippen LogP contribution in [0.5, 0.6) is 17.4 Å². The van der Waals surface area contributed by atoms with Crippen LogP contribution in [0.25, 0.3) is 10.9 Å². The number of aromatic nitrogens is 1. The van der Waals surface area contributed by atoms with Crippen LogP contribution in [-0.4, -0.2) is 28.0 Å². The Morgan fingerprint density at radius 2 is 1.54 bits per heavy atom. The van der Waals surface area contributed by atoms with Gasteiger partial charge in [-0.05, 0) is 52.6 Å². The molecule has 238 valence electrons. The number of anilines is 1. The number of benzene rings is 4. The van der Waals surface area contributed by atoms with Crippen LogP contribution in [0.3, 0.4) is 0 Å². The Labute approximate surface area is 286 Å². The van der Waals surface area contributed by atoms with Gasteiger partial charge < -0.3 is 19.7 Å². The van der Waals surface area contributed by atoms with Crippen molar-refractivity contribution >= 4 is 22.4 Å². The van der Waals surface area contributed by atoms with E-state index in [1.165, 1.54) is 27.9 Å². The summed E-state index contributed by atoms with van der Waals surface area (Å²) in [6, 6.07) is 34.5. The van der Waals surface area contributed by atoms with Crippen LogP contribution in [-0.2, 0) is 32.9 Å². The molecule has 7 rings (SSSR count). The maximum absolute atomic E-state index is 10.4. The molecule has 0 spiro atoms. The summed E-state index contributed by atoms with van der Waals surface area (Å²) >= 11 is 0. The summed E-state index contributed by atoms with van der Waals surface area (Å²) in [5.41, 5.74) is 7.94. The van der Waals surface area contributed by atoms with E-state index in [9.17, 15) is 5.11 Å². The van der Waals surface area contributed by atoms with Crippen molar-refractivity contribution in [3.63, 3.8) is 0 Å². The Bertz CT molecular complexity index is 1920. The first-order valence-electron chi connectivity index (χ1n) is 16.0. The molecule has 5 aromatic rings. The summed E-state index contributed by atoms with van der Waals surface area (Å²) in [5.74, 6) is 2.69. The van der Waals surface area contributed by atoms with Crippen molar-refractivity contribution in [1.29, 1.82) is 0 Å². The monoisotopic (exact) mass is 789 g/mol. The smallest absolute Gasteiger partial charge is 0.217 e. The molecule has 0 saturated carbocycles. The molecular weight excluding hydrogens is 750 g/mol. The van der Waals surface area contributed by atoms with Crippen LogP contribution >= 0.6 is 0 Å². The molecule has 2 atom stereocenters. The average Bonchev–Trinajstić information content (AvgIpc) is 3.41. The predicted octanol–water partition coefficient (Wildman–Crippen LogP) is 9.32. The van der Waals surface area contributed by atoms with Crippen LogP contribution in [0.2, 0.25) is 0 Å². The number of phenols is 1. The summed E-state index contributed by atoms with van der Waals surface area (Å²) in [6.45, 7) is 13.9. The van der Waals surface area contributed by atoms with Gasteiger partial charge in [-0.15, -0.1) is 23.8 Å². The summed E-state index contributed by atoms with van der Waals surface area (Å²) in [4.78, 5) is 12.7. The average molecular weight is 790 g/mol. The number of amidine groups is 1. The molecule has 0 unspecified atom stereocenters. The first kappa shape index (κ1) is 32.0. The Hall–Kier alpha value is -3.95. The van der Waals surface area contributed by atoms with Gasteiger partial charge in [-0.3, -0.25) is 0 Å². The van der Waals surface area contributed by atoms with E-state index in [2.05, 4.69) is 106 Å². The number of phenolic OH excluding ortho intramolecular Hbond substituents is 1. The topological polar surface area (TPSA) is 58.0 Å². The Kier molecular flexibility index (Phi) is 8.58. The molecule has 46 heavy (non-hydrogen) atoms. The van der Waals surface area contributed by atoms with Crippen molar-refractivity contribution in [2.45, 2.75) is 77.3 Å². The maximum atomic E-state index is 10.4. The molecule has 1 N–H and O–H groups in total. The number of rotatable bonds is 6. The number of ether oxygens (including phenoxy) is 1. The SMILES string of the molecule is CC(C)c1cccc(C(C)C)c1N1C(c2[c-]c(Oc3ccc4cccc(O)c4n3)ccc2)=N[C@H]2Cc3ccccc3C(C)(C)[C@H]21.[Pt]. The number of pyridine rings is 1. The normalized spacial score (nSPS) is 18.3. The maximum Gasteiger partial charge on any atom is 0.217 e. The van der Waals surface area contributed by atoms with E-state index in [0.717, 1.165) is 23.2 Å². The molecule has 1 aliphatic heterocycles. The largest absolute Gasteiger partial charge is 0.506 e. The third kappa shape index (κ3) is 5.43. The Balaban J connectivity index is 0.00000372. The van der Waals surface area contributed by atoms with E-state index in [-0.39, 0.29) is 44.3 Å². The second-order valence-electron chi connectivity index (χ2n) is 13.5. The van der Waals surface area contributed by atoms with Crippen LogP contribution in [0.1, 0.15) is 81.2 Å². The molecule has 0 saturated heterocycles. The molecule has 0 radical (unpaired) electrons. The number of hydrogen-bond acceptors (Lipinski definition) is 5. The van der Waals surface area contributed by atoms with Crippen molar-refractivity contribution in [3.05, 3.63) is 125 Å². The third-order valence-corrected chi connectivity index (χ3v) is 9.52. The van der Waals surface area contributed by atoms with Crippen LogP contribution < -0.4 is 9.64 Å². The van der Waals surface area contributed by atoms with Crippen LogP contribution in [0, 0.1) is 6.07 Å². The van der Waals surface area contributed by atoms with Gasteiger partial charge in [0.25, 0.3) is 0 Å². The number of para-hydroxylation sites is 2. The standard InChI is InChI=1S/C40H40N3O2.Pt/c1-24(2)30-16-11-17-31(25(3)4)37(30)43-38-33(23-27-12-7-8-18-32(27)40(38,5)6)41-39(43)28-14-9-15-29(22-28)45-35-21-20-26-13-10-19-34(44)36(26)42-35;/h7-21,24-25,33,38,44H,23H2,1-6H3;/q-1;/t33-,38-;/m0./s1. The molecule has 2 aliphatic rings. The summed E-state index contributed by atoms with van der Waals surface area (Å²) < 4.78 is 6.27. The Morgan fingerprint density at radius 3 is 2.28 bits per heavy atom. The molecular formula is C40H40N3O2Pt-. The van der Waals surface area contributed by atoms with E-state index in [1.54, 1.807) is 6.07 Å². The number of fused-ring (bicyclic) bond motifs is 3. The van der Waals surface area contributed by atoms with Gasteiger partial charge in [-0.1, -0.05) is 102 Å². The molecule has 0 fully saturated rings. The van der Waals surface area contributed by atoms with Gasteiger partial charge >= 0.3 is 0 Å². The summed E-state index contributed by atoms with van der Waals surface area (Å²) in [7, 11) is 0.